The molecule has 0 radical (unpaired) electrons. The first-order valence-corrected chi connectivity index (χ1v) is 8.11. The van der Waals surface area contributed by atoms with Gasteiger partial charge in [-0.3, -0.25) is 9.59 Å². The molecule has 1 aromatic rings. The van der Waals surface area contributed by atoms with Gasteiger partial charge in [-0.1, -0.05) is 45.4 Å². The first kappa shape index (κ1) is 20.0. The van der Waals surface area contributed by atoms with E-state index in [0.717, 1.165) is 32.1 Å². The zero-order chi connectivity index (χ0) is 18.1. The van der Waals surface area contributed by atoms with Gasteiger partial charge in [-0.2, -0.15) is 0 Å². The van der Waals surface area contributed by atoms with Gasteiger partial charge in [0.15, 0.2) is 0 Å². The molecule has 0 heterocycles. The molecule has 0 saturated carbocycles. The summed E-state index contributed by atoms with van der Waals surface area (Å²) < 4.78 is 40.0. The molecule has 134 valence electrons. The lowest BCUT2D eigenvalue weighted by Crippen LogP contribution is -2.44. The van der Waals surface area contributed by atoms with Crippen LogP contribution in [0.3, 0.4) is 0 Å². The number of carbonyl (C=O) groups excluding carboxylic acids is 2. The molecule has 0 fully saturated rings. The fourth-order valence-corrected chi connectivity index (χ4v) is 2.40. The second-order valence-corrected chi connectivity index (χ2v) is 5.73. The molecule has 24 heavy (non-hydrogen) atoms. The molecule has 0 bridgehead atoms. The van der Waals surface area contributed by atoms with Gasteiger partial charge in [0.25, 0.3) is 5.91 Å². The predicted molar refractivity (Wildman–Crippen MR) is 84.8 cm³/mol. The molecule has 0 aromatic heterocycles. The average Bonchev–Trinajstić information content (AvgIpc) is 2.48. The number of hydrogen-bond donors (Lipinski definition) is 2. The van der Waals surface area contributed by atoms with E-state index in [0.29, 0.717) is 18.6 Å². The molecule has 0 saturated heterocycles. The summed E-state index contributed by atoms with van der Waals surface area (Å²) in [6.45, 7) is 2.10. The van der Waals surface area contributed by atoms with Crippen LogP contribution in [0.1, 0.15) is 62.2 Å². The molecule has 7 heteroatoms. The van der Waals surface area contributed by atoms with Gasteiger partial charge in [0.05, 0.1) is 0 Å². The smallest absolute Gasteiger partial charge is 0.257 e. The van der Waals surface area contributed by atoms with Gasteiger partial charge in [-0.05, 0) is 6.42 Å². The number of amides is 2. The highest BCUT2D eigenvalue weighted by Gasteiger charge is 2.24. The topological polar surface area (TPSA) is 72.2 Å². The van der Waals surface area contributed by atoms with E-state index in [1.807, 2.05) is 0 Å². The van der Waals surface area contributed by atoms with Crippen molar-refractivity contribution < 1.29 is 22.8 Å². The summed E-state index contributed by atoms with van der Waals surface area (Å²) in [5.41, 5.74) is 4.30. The molecule has 0 spiro atoms. The molecule has 1 atom stereocenters. The van der Waals surface area contributed by atoms with Crippen molar-refractivity contribution in [2.45, 2.75) is 57.9 Å². The van der Waals surface area contributed by atoms with Crippen molar-refractivity contribution in [3.8, 4) is 0 Å². The number of hydrogen-bond acceptors (Lipinski definition) is 2. The van der Waals surface area contributed by atoms with Crippen LogP contribution in [0.5, 0.6) is 0 Å². The Morgan fingerprint density at radius 2 is 1.58 bits per heavy atom. The fraction of sp³-hybridized carbons (Fsp3) is 0.529. The summed E-state index contributed by atoms with van der Waals surface area (Å²) >= 11 is 0. The Balaban J connectivity index is 2.62. The highest BCUT2D eigenvalue weighted by molar-refractivity contribution is 5.97. The largest absolute Gasteiger partial charge is 0.368 e. The summed E-state index contributed by atoms with van der Waals surface area (Å²) in [4.78, 5) is 23.4. The molecule has 3 N–H and O–H groups in total. The maximum Gasteiger partial charge on any atom is 0.257 e. The van der Waals surface area contributed by atoms with E-state index in [1.165, 1.54) is 0 Å². The molecule has 1 rings (SSSR count). The van der Waals surface area contributed by atoms with Crippen LogP contribution in [0.4, 0.5) is 13.2 Å². The van der Waals surface area contributed by atoms with Gasteiger partial charge in [0, 0.05) is 12.1 Å². The Morgan fingerprint density at radius 3 is 2.12 bits per heavy atom. The zero-order valence-electron chi connectivity index (χ0n) is 13.7. The number of nitrogens with two attached hydrogens (primary N) is 1. The van der Waals surface area contributed by atoms with Crippen molar-refractivity contribution in [2.75, 3.05) is 0 Å². The Hall–Kier alpha value is -2.05. The lowest BCUT2D eigenvalue weighted by molar-refractivity contribution is -0.120. The van der Waals surface area contributed by atoms with Crippen molar-refractivity contribution in [3.05, 3.63) is 35.1 Å². The molecule has 0 aliphatic heterocycles. The number of primary amides is 1. The second-order valence-electron chi connectivity index (χ2n) is 5.73. The maximum atomic E-state index is 13.6. The maximum absolute atomic E-state index is 13.6. The Morgan fingerprint density at radius 1 is 1.04 bits per heavy atom. The van der Waals surface area contributed by atoms with E-state index in [1.54, 1.807) is 0 Å². The van der Waals surface area contributed by atoms with Crippen LogP contribution in [0.15, 0.2) is 12.1 Å². The van der Waals surface area contributed by atoms with Crippen LogP contribution >= 0.6 is 0 Å². The molecule has 0 aliphatic rings. The number of halogens is 3. The number of unbranched alkanes of at least 4 members (excludes halogenated alkanes) is 5. The third kappa shape index (κ3) is 6.22. The van der Waals surface area contributed by atoms with Gasteiger partial charge >= 0.3 is 0 Å². The fourth-order valence-electron chi connectivity index (χ4n) is 2.40. The van der Waals surface area contributed by atoms with Crippen LogP contribution < -0.4 is 11.1 Å². The Bertz CT molecular complexity index is 556. The van der Waals surface area contributed by atoms with Crippen LogP contribution in [0.25, 0.3) is 0 Å². The van der Waals surface area contributed by atoms with Gasteiger partial charge in [0.2, 0.25) is 5.91 Å². The quantitative estimate of drug-likeness (QED) is 0.638. The number of nitrogens with one attached hydrogen (secondary N) is 1. The number of benzene rings is 1. The standard InChI is InChI=1S/C17H23F3N2O2/c1-2-3-4-5-6-7-8-14(16(21)23)22-17(24)15-12(19)9-11(18)10-13(15)20/h9-10,14H,2-8H2,1H3,(H2,21,23)(H,22,24)/t14-/m1/s1. The summed E-state index contributed by atoms with van der Waals surface area (Å²) in [6, 6.07) is -0.205. The minimum atomic E-state index is -1.33. The molecule has 0 aliphatic carbocycles. The molecule has 2 amide bonds. The first-order chi connectivity index (χ1) is 11.4. The molecular weight excluding hydrogens is 321 g/mol. The second kappa shape index (κ2) is 9.95. The van der Waals surface area contributed by atoms with E-state index < -0.39 is 40.9 Å². The van der Waals surface area contributed by atoms with Crippen molar-refractivity contribution in [1.29, 1.82) is 0 Å². The van der Waals surface area contributed by atoms with Gasteiger partial charge in [-0.15, -0.1) is 0 Å². The van der Waals surface area contributed by atoms with Crippen LogP contribution in [0.2, 0.25) is 0 Å². The zero-order valence-corrected chi connectivity index (χ0v) is 13.7. The summed E-state index contributed by atoms with van der Waals surface area (Å²) in [5, 5.41) is 2.22. The van der Waals surface area contributed by atoms with E-state index in [2.05, 4.69) is 12.2 Å². The number of carbonyl (C=O) groups is 2. The first-order valence-electron chi connectivity index (χ1n) is 8.11. The molecule has 0 unspecified atom stereocenters. The minimum Gasteiger partial charge on any atom is -0.368 e. The van der Waals surface area contributed by atoms with Crippen molar-refractivity contribution in [2.24, 2.45) is 5.73 Å². The Kier molecular flexibility index (Phi) is 8.29. The van der Waals surface area contributed by atoms with Crippen molar-refractivity contribution >= 4 is 11.8 Å². The Labute approximate surface area is 139 Å². The predicted octanol–water partition coefficient (Wildman–Crippen LogP) is 3.44. The van der Waals surface area contributed by atoms with Crippen molar-refractivity contribution in [3.63, 3.8) is 0 Å². The van der Waals surface area contributed by atoms with Crippen LogP contribution in [0, 0.1) is 17.5 Å². The van der Waals surface area contributed by atoms with E-state index >= 15 is 0 Å². The molecular formula is C17H23F3N2O2. The monoisotopic (exact) mass is 344 g/mol. The van der Waals surface area contributed by atoms with E-state index in [9.17, 15) is 22.8 Å². The highest BCUT2D eigenvalue weighted by atomic mass is 19.1. The van der Waals surface area contributed by atoms with Crippen LogP contribution in [-0.2, 0) is 4.79 Å². The van der Waals surface area contributed by atoms with Gasteiger partial charge < -0.3 is 11.1 Å². The third-order valence-electron chi connectivity index (χ3n) is 3.73. The SMILES string of the molecule is CCCCCCCC[C@@H](NC(=O)c1c(F)cc(F)cc1F)C(N)=O. The normalized spacial score (nSPS) is 12.0. The lowest BCUT2D eigenvalue weighted by atomic mass is 10.0. The van der Waals surface area contributed by atoms with Crippen LogP contribution in [-0.4, -0.2) is 17.9 Å². The van der Waals surface area contributed by atoms with Crippen molar-refractivity contribution in [1.82, 2.24) is 5.32 Å². The summed E-state index contributed by atoms with van der Waals surface area (Å²) in [5.74, 6) is -5.68. The highest BCUT2D eigenvalue weighted by Crippen LogP contribution is 2.15. The summed E-state index contributed by atoms with van der Waals surface area (Å²) in [7, 11) is 0. The van der Waals surface area contributed by atoms with Gasteiger partial charge in [-0.25, -0.2) is 13.2 Å². The minimum absolute atomic E-state index is 0.289. The van der Waals surface area contributed by atoms with E-state index in [-0.39, 0.29) is 6.42 Å². The molecule has 4 nitrogen and oxygen atoms in total. The number of rotatable bonds is 10. The summed E-state index contributed by atoms with van der Waals surface area (Å²) in [6.07, 6.45) is 6.18. The third-order valence-corrected chi connectivity index (χ3v) is 3.73. The average molecular weight is 344 g/mol. The lowest BCUT2D eigenvalue weighted by Gasteiger charge is -2.16. The molecule has 1 aromatic carbocycles. The van der Waals surface area contributed by atoms with E-state index in [4.69, 9.17) is 5.73 Å². The van der Waals surface area contributed by atoms with Gasteiger partial charge in [0.1, 0.15) is 29.1 Å².